The van der Waals surface area contributed by atoms with E-state index in [9.17, 15) is 14.7 Å². The lowest BCUT2D eigenvalue weighted by Gasteiger charge is -2.38. The summed E-state index contributed by atoms with van der Waals surface area (Å²) in [6, 6.07) is -0.117. The van der Waals surface area contributed by atoms with E-state index < -0.39 is 17.7 Å². The SMILES string of the molecule is COC(=O)C(O)C1[C@H]2C[C@@H]1N(C(=O)OC(C)(C)C)C2. The van der Waals surface area contributed by atoms with Gasteiger partial charge in [-0.2, -0.15) is 0 Å². The van der Waals surface area contributed by atoms with Crippen LogP contribution in [0.15, 0.2) is 0 Å². The number of esters is 1. The van der Waals surface area contributed by atoms with Crippen LogP contribution in [-0.4, -0.2) is 53.5 Å². The third-order valence-electron chi connectivity index (χ3n) is 3.80. The first-order valence-corrected chi connectivity index (χ1v) is 6.50. The van der Waals surface area contributed by atoms with Gasteiger partial charge in [0.1, 0.15) is 5.60 Å². The van der Waals surface area contributed by atoms with Gasteiger partial charge in [-0.25, -0.2) is 9.59 Å². The van der Waals surface area contributed by atoms with Crippen LogP contribution < -0.4 is 0 Å². The Balaban J connectivity index is 1.99. The van der Waals surface area contributed by atoms with Crippen molar-refractivity contribution in [2.45, 2.75) is 44.9 Å². The predicted molar refractivity (Wildman–Crippen MR) is 66.3 cm³/mol. The molecule has 2 saturated heterocycles. The quantitative estimate of drug-likeness (QED) is 0.751. The fourth-order valence-electron chi connectivity index (χ4n) is 2.94. The van der Waals surface area contributed by atoms with Gasteiger partial charge >= 0.3 is 12.1 Å². The molecule has 19 heavy (non-hydrogen) atoms. The summed E-state index contributed by atoms with van der Waals surface area (Å²) in [5.74, 6) is -0.697. The topological polar surface area (TPSA) is 76.1 Å². The molecule has 4 atom stereocenters. The summed E-state index contributed by atoms with van der Waals surface area (Å²) in [5, 5.41) is 9.90. The average Bonchev–Trinajstić information content (AvgIpc) is 2.83. The number of ether oxygens (including phenoxy) is 2. The monoisotopic (exact) mass is 271 g/mol. The zero-order valence-electron chi connectivity index (χ0n) is 11.8. The lowest BCUT2D eigenvalue weighted by molar-refractivity contribution is -0.157. The molecule has 0 spiro atoms. The molecule has 2 aliphatic heterocycles. The van der Waals surface area contributed by atoms with Crippen LogP contribution >= 0.6 is 0 Å². The van der Waals surface area contributed by atoms with Gasteiger partial charge in [0.25, 0.3) is 0 Å². The number of fused-ring (bicyclic) bond motifs is 1. The van der Waals surface area contributed by atoms with E-state index in [1.807, 2.05) is 20.8 Å². The molecular weight excluding hydrogens is 250 g/mol. The number of amides is 1. The zero-order chi connectivity index (χ0) is 14.4. The van der Waals surface area contributed by atoms with Gasteiger partial charge in [0.2, 0.25) is 0 Å². The molecule has 2 unspecified atom stereocenters. The maximum Gasteiger partial charge on any atom is 0.410 e. The number of carbonyl (C=O) groups is 2. The van der Waals surface area contributed by atoms with Gasteiger partial charge in [0, 0.05) is 18.5 Å². The number of rotatable bonds is 2. The lowest BCUT2D eigenvalue weighted by atomic mass is 9.70. The summed E-state index contributed by atoms with van der Waals surface area (Å²) in [5.41, 5.74) is -0.541. The highest BCUT2D eigenvalue weighted by molar-refractivity contribution is 5.76. The Hall–Kier alpha value is -1.30. The maximum atomic E-state index is 12.0. The number of carbonyl (C=O) groups excluding carboxylic acids is 2. The van der Waals surface area contributed by atoms with E-state index in [0.717, 1.165) is 6.42 Å². The molecule has 1 amide bonds. The lowest BCUT2D eigenvalue weighted by Crippen LogP contribution is -2.50. The first-order chi connectivity index (χ1) is 8.74. The Labute approximate surface area is 112 Å². The van der Waals surface area contributed by atoms with Gasteiger partial charge in [-0.15, -0.1) is 0 Å². The maximum absolute atomic E-state index is 12.0. The van der Waals surface area contributed by atoms with Crippen LogP contribution in [0.5, 0.6) is 0 Å². The molecule has 2 bridgehead atoms. The van der Waals surface area contributed by atoms with Crippen LogP contribution in [0.3, 0.4) is 0 Å². The first kappa shape index (κ1) is 14.1. The smallest absolute Gasteiger partial charge is 0.410 e. The first-order valence-electron chi connectivity index (χ1n) is 6.50. The van der Waals surface area contributed by atoms with Crippen LogP contribution in [-0.2, 0) is 14.3 Å². The third-order valence-corrected chi connectivity index (χ3v) is 3.80. The summed E-state index contributed by atoms with van der Waals surface area (Å²) in [7, 11) is 1.25. The van der Waals surface area contributed by atoms with Gasteiger partial charge in [-0.05, 0) is 33.1 Å². The van der Waals surface area contributed by atoms with Crippen molar-refractivity contribution in [2.24, 2.45) is 11.8 Å². The predicted octanol–water partition coefficient (Wildman–Crippen LogP) is 0.776. The Morgan fingerprint density at radius 1 is 1.37 bits per heavy atom. The molecule has 6 nitrogen and oxygen atoms in total. The molecule has 0 radical (unpaired) electrons. The highest BCUT2D eigenvalue weighted by Crippen LogP contribution is 2.48. The van der Waals surface area contributed by atoms with Gasteiger partial charge in [-0.1, -0.05) is 0 Å². The minimum absolute atomic E-state index is 0.117. The van der Waals surface area contributed by atoms with E-state index in [1.165, 1.54) is 7.11 Å². The van der Waals surface area contributed by atoms with Crippen molar-refractivity contribution in [1.82, 2.24) is 4.90 Å². The molecule has 6 heteroatoms. The molecule has 3 rings (SSSR count). The van der Waals surface area contributed by atoms with E-state index in [4.69, 9.17) is 4.74 Å². The minimum atomic E-state index is -1.15. The van der Waals surface area contributed by atoms with Crippen LogP contribution in [0, 0.1) is 11.8 Å². The van der Waals surface area contributed by atoms with E-state index in [0.29, 0.717) is 6.54 Å². The summed E-state index contributed by atoms with van der Waals surface area (Å²) < 4.78 is 9.87. The molecule has 1 aliphatic carbocycles. The Bertz CT molecular complexity index is 389. The van der Waals surface area contributed by atoms with Crippen molar-refractivity contribution in [2.75, 3.05) is 13.7 Å². The van der Waals surface area contributed by atoms with Crippen molar-refractivity contribution in [3.8, 4) is 0 Å². The van der Waals surface area contributed by atoms with Crippen LogP contribution in [0.2, 0.25) is 0 Å². The zero-order valence-corrected chi connectivity index (χ0v) is 11.8. The fraction of sp³-hybridized carbons (Fsp3) is 0.846. The van der Waals surface area contributed by atoms with Crippen molar-refractivity contribution >= 4 is 12.1 Å². The molecule has 1 saturated carbocycles. The van der Waals surface area contributed by atoms with Crippen molar-refractivity contribution in [1.29, 1.82) is 0 Å². The van der Waals surface area contributed by atoms with Crippen LogP contribution in [0.1, 0.15) is 27.2 Å². The number of nitrogens with zero attached hydrogens (tertiary/aromatic N) is 1. The minimum Gasteiger partial charge on any atom is -0.467 e. The van der Waals surface area contributed by atoms with E-state index in [1.54, 1.807) is 4.90 Å². The van der Waals surface area contributed by atoms with E-state index in [-0.39, 0.29) is 24.0 Å². The molecule has 0 aromatic carbocycles. The highest BCUT2D eigenvalue weighted by Gasteiger charge is 2.58. The van der Waals surface area contributed by atoms with Gasteiger partial charge < -0.3 is 19.5 Å². The highest BCUT2D eigenvalue weighted by atomic mass is 16.6. The molecule has 0 aromatic heterocycles. The number of hydrogen-bond acceptors (Lipinski definition) is 5. The molecule has 108 valence electrons. The fourth-order valence-corrected chi connectivity index (χ4v) is 2.94. The number of methoxy groups -OCH3 is 1. The largest absolute Gasteiger partial charge is 0.467 e. The summed E-state index contributed by atoms with van der Waals surface area (Å²) in [4.78, 5) is 25.0. The number of aliphatic hydroxyl groups excluding tert-OH is 1. The summed E-state index contributed by atoms with van der Waals surface area (Å²) in [6.07, 6.45) is -0.710. The second-order valence-electron chi connectivity index (χ2n) is 6.24. The van der Waals surface area contributed by atoms with Crippen molar-refractivity contribution in [3.63, 3.8) is 0 Å². The van der Waals surface area contributed by atoms with Crippen LogP contribution in [0.25, 0.3) is 0 Å². The average molecular weight is 271 g/mol. The summed E-state index contributed by atoms with van der Waals surface area (Å²) >= 11 is 0. The Kier molecular flexibility index (Phi) is 3.47. The molecule has 0 aromatic rings. The normalized spacial score (nSPS) is 30.6. The Morgan fingerprint density at radius 2 is 2.00 bits per heavy atom. The van der Waals surface area contributed by atoms with Gasteiger partial charge in [0.05, 0.1) is 7.11 Å². The third kappa shape index (κ3) is 2.54. The number of aliphatic hydroxyl groups is 1. The second-order valence-corrected chi connectivity index (χ2v) is 6.24. The molecule has 3 fully saturated rings. The molecular formula is C13H21NO5. The van der Waals surface area contributed by atoms with Gasteiger partial charge in [0.15, 0.2) is 6.10 Å². The molecule has 2 heterocycles. The Morgan fingerprint density at radius 3 is 2.53 bits per heavy atom. The molecule has 3 aliphatic rings. The second kappa shape index (κ2) is 4.67. The van der Waals surface area contributed by atoms with E-state index >= 15 is 0 Å². The van der Waals surface area contributed by atoms with Crippen LogP contribution in [0.4, 0.5) is 4.79 Å². The standard InChI is InChI=1S/C13H21NO5/c1-13(2,3)19-12(17)14-6-7-5-8(14)9(7)10(15)11(16)18-4/h7-10,15H,5-6H2,1-4H3/t7-,8-,9?,10?/m0/s1. The van der Waals surface area contributed by atoms with Crippen molar-refractivity contribution < 1.29 is 24.2 Å². The van der Waals surface area contributed by atoms with Crippen molar-refractivity contribution in [3.05, 3.63) is 0 Å². The molecule has 1 N–H and O–H groups in total. The number of hydrogen-bond donors (Lipinski definition) is 1. The van der Waals surface area contributed by atoms with E-state index in [2.05, 4.69) is 4.74 Å². The van der Waals surface area contributed by atoms with Gasteiger partial charge in [-0.3, -0.25) is 0 Å². The summed E-state index contributed by atoms with van der Waals surface area (Å²) in [6.45, 7) is 5.97.